The van der Waals surface area contributed by atoms with E-state index in [4.69, 9.17) is 9.47 Å². The van der Waals surface area contributed by atoms with E-state index in [9.17, 15) is 4.39 Å². The number of aliphatic imine (C=N–C) groups is 1. The van der Waals surface area contributed by atoms with Gasteiger partial charge in [0, 0.05) is 33.3 Å². The predicted molar refractivity (Wildman–Crippen MR) is 102 cm³/mol. The first kappa shape index (κ1) is 20.5. The van der Waals surface area contributed by atoms with E-state index in [1.807, 2.05) is 6.92 Å². The molecule has 0 radical (unpaired) electrons. The van der Waals surface area contributed by atoms with E-state index in [-0.39, 0.29) is 17.7 Å². The van der Waals surface area contributed by atoms with Crippen molar-refractivity contribution >= 4 is 5.96 Å². The maximum absolute atomic E-state index is 13.6. The van der Waals surface area contributed by atoms with Crippen molar-refractivity contribution in [1.29, 1.82) is 0 Å². The molecule has 0 bridgehead atoms. The summed E-state index contributed by atoms with van der Waals surface area (Å²) in [6.45, 7) is 6.11. The van der Waals surface area contributed by atoms with Crippen LogP contribution in [0.1, 0.15) is 19.8 Å². The molecule has 2 rings (SSSR count). The number of benzene rings is 1. The zero-order valence-corrected chi connectivity index (χ0v) is 16.0. The van der Waals surface area contributed by atoms with Crippen molar-refractivity contribution in [3.63, 3.8) is 0 Å². The lowest BCUT2D eigenvalue weighted by molar-refractivity contribution is 0.141. The molecule has 146 valence electrons. The van der Waals surface area contributed by atoms with Crippen LogP contribution >= 0.6 is 0 Å². The Morgan fingerprint density at radius 2 is 2.19 bits per heavy atom. The number of hydrogen-bond acceptors (Lipinski definition) is 4. The summed E-state index contributed by atoms with van der Waals surface area (Å²) >= 11 is 0. The van der Waals surface area contributed by atoms with E-state index in [1.165, 1.54) is 18.9 Å². The largest absolute Gasteiger partial charge is 0.486 e. The van der Waals surface area contributed by atoms with Gasteiger partial charge in [-0.25, -0.2) is 4.39 Å². The minimum atomic E-state index is -0.348. The van der Waals surface area contributed by atoms with Crippen molar-refractivity contribution in [3.8, 4) is 5.75 Å². The fourth-order valence-electron chi connectivity index (χ4n) is 3.10. The van der Waals surface area contributed by atoms with Crippen LogP contribution in [0.5, 0.6) is 5.75 Å². The van der Waals surface area contributed by atoms with Gasteiger partial charge < -0.3 is 20.1 Å². The van der Waals surface area contributed by atoms with Crippen LogP contribution < -0.4 is 15.4 Å². The van der Waals surface area contributed by atoms with Gasteiger partial charge in [0.25, 0.3) is 0 Å². The van der Waals surface area contributed by atoms with Crippen LogP contribution in [0.25, 0.3) is 0 Å². The van der Waals surface area contributed by atoms with Crippen molar-refractivity contribution in [1.82, 2.24) is 15.5 Å². The molecule has 0 aliphatic carbocycles. The number of nitrogens with zero attached hydrogens (tertiary/aromatic N) is 2. The highest BCUT2D eigenvalue weighted by Crippen LogP contribution is 2.17. The van der Waals surface area contributed by atoms with Crippen molar-refractivity contribution < 1.29 is 13.9 Å². The van der Waals surface area contributed by atoms with Crippen molar-refractivity contribution in [3.05, 3.63) is 30.1 Å². The van der Waals surface area contributed by atoms with Gasteiger partial charge in [-0.05, 0) is 38.4 Å². The fraction of sp³-hybridized carbons (Fsp3) is 0.632. The summed E-state index contributed by atoms with van der Waals surface area (Å²) in [4.78, 5) is 6.71. The lowest BCUT2D eigenvalue weighted by atomic mass is 10.2. The van der Waals surface area contributed by atoms with Crippen LogP contribution in [0.3, 0.4) is 0 Å². The van der Waals surface area contributed by atoms with Crippen molar-refractivity contribution in [2.24, 2.45) is 4.99 Å². The van der Waals surface area contributed by atoms with Crippen molar-refractivity contribution in [2.45, 2.75) is 31.9 Å². The summed E-state index contributed by atoms with van der Waals surface area (Å²) in [7, 11) is 3.48. The molecule has 1 aliphatic rings. The second-order valence-corrected chi connectivity index (χ2v) is 6.52. The smallest absolute Gasteiger partial charge is 0.191 e. The van der Waals surface area contributed by atoms with Gasteiger partial charge in [-0.3, -0.25) is 9.89 Å². The van der Waals surface area contributed by atoms with Gasteiger partial charge in [-0.2, -0.15) is 0 Å². The fourth-order valence-corrected chi connectivity index (χ4v) is 3.10. The first-order valence-electron chi connectivity index (χ1n) is 9.22. The molecule has 0 aromatic heterocycles. The maximum Gasteiger partial charge on any atom is 0.191 e. The van der Waals surface area contributed by atoms with Gasteiger partial charge in [0.1, 0.15) is 6.10 Å². The summed E-state index contributed by atoms with van der Waals surface area (Å²) in [5.74, 6) is 0.649. The number of ether oxygens (including phenoxy) is 2. The molecule has 2 unspecified atom stereocenters. The summed E-state index contributed by atoms with van der Waals surface area (Å²) < 4.78 is 24.5. The van der Waals surface area contributed by atoms with Crippen LogP contribution in [-0.4, -0.2) is 69.9 Å². The number of rotatable bonds is 9. The van der Waals surface area contributed by atoms with Gasteiger partial charge in [-0.1, -0.05) is 12.1 Å². The molecule has 0 saturated carbocycles. The van der Waals surface area contributed by atoms with Gasteiger partial charge in [0.15, 0.2) is 17.5 Å². The summed E-state index contributed by atoms with van der Waals surface area (Å²) in [6, 6.07) is 6.93. The topological polar surface area (TPSA) is 58.1 Å². The van der Waals surface area contributed by atoms with Crippen LogP contribution in [-0.2, 0) is 4.74 Å². The van der Waals surface area contributed by atoms with E-state index in [1.54, 1.807) is 32.4 Å². The van der Waals surface area contributed by atoms with Crippen molar-refractivity contribution in [2.75, 3.05) is 46.9 Å². The third-order valence-electron chi connectivity index (χ3n) is 4.53. The molecule has 2 N–H and O–H groups in total. The Kier molecular flexibility index (Phi) is 8.64. The second-order valence-electron chi connectivity index (χ2n) is 6.52. The number of para-hydroxylation sites is 1. The van der Waals surface area contributed by atoms with Gasteiger partial charge in [0.2, 0.25) is 0 Å². The van der Waals surface area contributed by atoms with Crippen LogP contribution in [0.2, 0.25) is 0 Å². The van der Waals surface area contributed by atoms with E-state index >= 15 is 0 Å². The summed E-state index contributed by atoms with van der Waals surface area (Å²) in [5.41, 5.74) is 0. The Balaban J connectivity index is 1.72. The van der Waals surface area contributed by atoms with E-state index < -0.39 is 0 Å². The molecule has 6 nitrogen and oxygen atoms in total. The zero-order chi connectivity index (χ0) is 18.8. The molecule has 1 aliphatic heterocycles. The highest BCUT2D eigenvalue weighted by Gasteiger charge is 2.24. The molecular weight excluding hydrogens is 335 g/mol. The third kappa shape index (κ3) is 6.46. The molecule has 1 aromatic rings. The molecule has 1 saturated heterocycles. The standard InChI is InChI=1S/C19H31FN4O2/c1-15(26-18-9-5-4-8-17(18)20)13-22-19(21-2)23-14-16-7-6-10-24(16)11-12-25-3/h4-5,8-9,15-16H,6-7,10-14H2,1-3H3,(H2,21,22,23). The number of methoxy groups -OCH3 is 1. The molecule has 0 amide bonds. The lowest BCUT2D eigenvalue weighted by Gasteiger charge is -2.25. The molecule has 0 spiro atoms. The molecular formula is C19H31FN4O2. The average molecular weight is 366 g/mol. The van der Waals surface area contributed by atoms with Crippen LogP contribution in [0, 0.1) is 5.82 Å². The number of likely N-dealkylation sites (tertiary alicyclic amines) is 1. The monoisotopic (exact) mass is 366 g/mol. The van der Waals surface area contributed by atoms with E-state index in [2.05, 4.69) is 20.5 Å². The maximum atomic E-state index is 13.6. The van der Waals surface area contributed by atoms with Gasteiger partial charge >= 0.3 is 0 Å². The number of guanidine groups is 1. The summed E-state index contributed by atoms with van der Waals surface area (Å²) in [6.07, 6.45) is 2.21. The zero-order valence-electron chi connectivity index (χ0n) is 16.0. The van der Waals surface area contributed by atoms with Gasteiger partial charge in [0.05, 0.1) is 13.2 Å². The predicted octanol–water partition coefficient (Wildman–Crippen LogP) is 1.87. The van der Waals surface area contributed by atoms with E-state index in [0.717, 1.165) is 32.2 Å². The SMILES string of the molecule is CN=C(NCC(C)Oc1ccccc1F)NCC1CCCN1CCOC. The molecule has 1 aromatic carbocycles. The first-order chi connectivity index (χ1) is 12.6. The Morgan fingerprint density at radius 1 is 1.38 bits per heavy atom. The minimum Gasteiger partial charge on any atom is -0.486 e. The number of halogens is 1. The normalized spacial score (nSPS) is 19.4. The van der Waals surface area contributed by atoms with E-state index in [0.29, 0.717) is 12.6 Å². The molecule has 7 heteroatoms. The Labute approximate surface area is 155 Å². The second kappa shape index (κ2) is 11.0. The highest BCUT2D eigenvalue weighted by molar-refractivity contribution is 5.79. The Bertz CT molecular complexity index is 570. The number of hydrogen-bond donors (Lipinski definition) is 2. The molecule has 1 heterocycles. The average Bonchev–Trinajstić information content (AvgIpc) is 3.09. The number of nitrogens with one attached hydrogen (secondary N) is 2. The third-order valence-corrected chi connectivity index (χ3v) is 4.53. The first-order valence-corrected chi connectivity index (χ1v) is 9.22. The van der Waals surface area contributed by atoms with Crippen LogP contribution in [0.15, 0.2) is 29.3 Å². The Hall–Kier alpha value is -1.86. The van der Waals surface area contributed by atoms with Crippen LogP contribution in [0.4, 0.5) is 4.39 Å². The molecule has 26 heavy (non-hydrogen) atoms. The Morgan fingerprint density at radius 3 is 2.92 bits per heavy atom. The van der Waals surface area contributed by atoms with Gasteiger partial charge in [-0.15, -0.1) is 0 Å². The highest BCUT2D eigenvalue weighted by atomic mass is 19.1. The quantitative estimate of drug-likeness (QED) is 0.516. The lowest BCUT2D eigenvalue weighted by Crippen LogP contribution is -2.47. The minimum absolute atomic E-state index is 0.185. The molecule has 1 fully saturated rings. The molecule has 2 atom stereocenters. The summed E-state index contributed by atoms with van der Waals surface area (Å²) in [5, 5.41) is 6.61.